The molecule has 0 spiro atoms. The summed E-state index contributed by atoms with van der Waals surface area (Å²) in [6, 6.07) is 8.82. The number of hydrogen-bond donors (Lipinski definition) is 0. The van der Waals surface area contributed by atoms with Crippen molar-refractivity contribution in [2.45, 2.75) is 46.1 Å². The largest absolute Gasteiger partial charge is 0.462 e. The molecule has 1 aromatic rings. The summed E-state index contributed by atoms with van der Waals surface area (Å²) in [7, 11) is 0. The maximum atomic E-state index is 12.9. The van der Waals surface area contributed by atoms with E-state index in [-0.39, 0.29) is 23.9 Å². The molecule has 0 N–H and O–H groups in total. The van der Waals surface area contributed by atoms with Crippen molar-refractivity contribution >= 4 is 17.7 Å². The second-order valence-electron chi connectivity index (χ2n) is 5.75. The number of Topliss-reactive ketones (excluding diaryl/α,β-unsaturated/α-hetero) is 1. The average molecular weight is 329 g/mol. The van der Waals surface area contributed by atoms with Crippen molar-refractivity contribution in [3.8, 4) is 0 Å². The van der Waals surface area contributed by atoms with Gasteiger partial charge in [-0.15, -0.1) is 0 Å². The van der Waals surface area contributed by atoms with Crippen LogP contribution in [0, 0.1) is 0 Å². The minimum absolute atomic E-state index is 0.0369. The Morgan fingerprint density at radius 2 is 1.83 bits per heavy atom. The van der Waals surface area contributed by atoms with Gasteiger partial charge in [0.05, 0.1) is 6.61 Å². The normalized spacial score (nSPS) is 17.4. The Hall–Kier alpha value is -2.43. The van der Waals surface area contributed by atoms with E-state index in [0.717, 1.165) is 12.0 Å². The minimum Gasteiger partial charge on any atom is -0.462 e. The van der Waals surface area contributed by atoms with Gasteiger partial charge in [-0.25, -0.2) is 4.79 Å². The van der Waals surface area contributed by atoms with Crippen LogP contribution < -0.4 is 0 Å². The lowest BCUT2D eigenvalue weighted by Gasteiger charge is -2.25. The highest BCUT2D eigenvalue weighted by Crippen LogP contribution is 2.32. The molecule has 1 aliphatic heterocycles. The molecule has 0 fully saturated rings. The molecule has 0 saturated heterocycles. The lowest BCUT2D eigenvalue weighted by atomic mass is 10.00. The Kier molecular flexibility index (Phi) is 5.90. The Labute approximate surface area is 142 Å². The van der Waals surface area contributed by atoms with Gasteiger partial charge in [0.25, 0.3) is 0 Å². The van der Waals surface area contributed by atoms with Crippen molar-refractivity contribution in [2.24, 2.45) is 0 Å². The molecule has 5 heteroatoms. The molecule has 128 valence electrons. The Morgan fingerprint density at radius 1 is 1.17 bits per heavy atom. The molecule has 1 amide bonds. The predicted octanol–water partition coefficient (Wildman–Crippen LogP) is 2.65. The molecule has 1 aliphatic rings. The summed E-state index contributed by atoms with van der Waals surface area (Å²) in [5, 5.41) is 0. The quantitative estimate of drug-likeness (QED) is 0.594. The first-order chi connectivity index (χ1) is 11.5. The summed E-state index contributed by atoms with van der Waals surface area (Å²) in [6.45, 7) is 5.26. The second kappa shape index (κ2) is 7.90. The molecule has 1 atom stereocenters. The molecule has 0 saturated carbocycles. The van der Waals surface area contributed by atoms with Gasteiger partial charge in [0, 0.05) is 19.0 Å². The lowest BCUT2D eigenvalue weighted by Crippen LogP contribution is -2.39. The van der Waals surface area contributed by atoms with Gasteiger partial charge < -0.3 is 9.64 Å². The van der Waals surface area contributed by atoms with Crippen LogP contribution in [0.3, 0.4) is 0 Å². The van der Waals surface area contributed by atoms with Crippen molar-refractivity contribution in [3.05, 3.63) is 47.2 Å². The van der Waals surface area contributed by atoms with Crippen molar-refractivity contribution < 1.29 is 19.1 Å². The number of ether oxygens (including phenoxy) is 1. The zero-order valence-electron chi connectivity index (χ0n) is 14.4. The van der Waals surface area contributed by atoms with Gasteiger partial charge in [0.1, 0.15) is 11.6 Å². The molecule has 24 heavy (non-hydrogen) atoms. The number of esters is 1. The van der Waals surface area contributed by atoms with E-state index in [2.05, 4.69) is 0 Å². The van der Waals surface area contributed by atoms with E-state index < -0.39 is 12.0 Å². The third-order valence-electron chi connectivity index (χ3n) is 4.02. The van der Waals surface area contributed by atoms with Crippen LogP contribution in [0.15, 0.2) is 41.6 Å². The standard InChI is InChI=1S/C19H23NO4/c1-4-9-15-17(19(23)24-5-2)18(22)16(20(15)13(3)21)12-14-10-7-6-8-11-14/h6-8,10-11,16H,4-5,9,12H2,1-3H3. The number of rotatable bonds is 6. The Balaban J connectivity index is 2.41. The maximum Gasteiger partial charge on any atom is 0.343 e. The van der Waals surface area contributed by atoms with Crippen molar-refractivity contribution in [1.29, 1.82) is 0 Å². The van der Waals surface area contributed by atoms with Gasteiger partial charge in [0.2, 0.25) is 5.91 Å². The van der Waals surface area contributed by atoms with Crippen LogP contribution in [0.5, 0.6) is 0 Å². The molecule has 5 nitrogen and oxygen atoms in total. The topological polar surface area (TPSA) is 63.7 Å². The highest BCUT2D eigenvalue weighted by Gasteiger charge is 2.44. The zero-order valence-corrected chi connectivity index (χ0v) is 14.4. The van der Waals surface area contributed by atoms with E-state index in [9.17, 15) is 14.4 Å². The van der Waals surface area contributed by atoms with Crippen LogP contribution in [0.1, 0.15) is 39.2 Å². The van der Waals surface area contributed by atoms with Crippen molar-refractivity contribution in [2.75, 3.05) is 6.61 Å². The summed E-state index contributed by atoms with van der Waals surface area (Å²) in [6.07, 6.45) is 1.60. The molecule has 0 radical (unpaired) electrons. The molecule has 0 aromatic heterocycles. The summed E-state index contributed by atoms with van der Waals surface area (Å²) < 4.78 is 5.04. The molecule has 1 unspecified atom stereocenters. The SMILES string of the molecule is CCCC1=C(C(=O)OCC)C(=O)C(Cc2ccccc2)N1C(C)=O. The fourth-order valence-corrected chi connectivity index (χ4v) is 3.07. The smallest absolute Gasteiger partial charge is 0.343 e. The van der Waals surface area contributed by atoms with E-state index in [1.54, 1.807) is 6.92 Å². The highest BCUT2D eigenvalue weighted by molar-refractivity contribution is 6.22. The fraction of sp³-hybridized carbons (Fsp3) is 0.421. The highest BCUT2D eigenvalue weighted by atomic mass is 16.5. The number of carbonyl (C=O) groups excluding carboxylic acids is 3. The van der Waals surface area contributed by atoms with Crippen LogP contribution in [0.25, 0.3) is 0 Å². The molecule has 0 aliphatic carbocycles. The molecule has 0 bridgehead atoms. The van der Waals surface area contributed by atoms with E-state index >= 15 is 0 Å². The molecular formula is C19H23NO4. The van der Waals surface area contributed by atoms with Crippen LogP contribution in [-0.2, 0) is 25.5 Å². The summed E-state index contributed by atoms with van der Waals surface area (Å²) in [5.41, 5.74) is 1.48. The van der Waals surface area contributed by atoms with Gasteiger partial charge >= 0.3 is 5.97 Å². The first-order valence-corrected chi connectivity index (χ1v) is 8.29. The summed E-state index contributed by atoms with van der Waals surface area (Å²) >= 11 is 0. The van der Waals surface area contributed by atoms with Crippen LogP contribution in [-0.4, -0.2) is 35.2 Å². The maximum absolute atomic E-state index is 12.9. The number of allylic oxidation sites excluding steroid dienone is 1. The van der Waals surface area contributed by atoms with E-state index in [4.69, 9.17) is 4.74 Å². The predicted molar refractivity (Wildman–Crippen MR) is 90.0 cm³/mol. The monoisotopic (exact) mass is 329 g/mol. The Morgan fingerprint density at radius 3 is 2.38 bits per heavy atom. The molecular weight excluding hydrogens is 306 g/mol. The lowest BCUT2D eigenvalue weighted by molar-refractivity contribution is -0.140. The molecule has 2 rings (SSSR count). The summed E-state index contributed by atoms with van der Waals surface area (Å²) in [4.78, 5) is 38.8. The second-order valence-corrected chi connectivity index (χ2v) is 5.75. The van der Waals surface area contributed by atoms with Crippen LogP contribution in [0.4, 0.5) is 0 Å². The number of benzene rings is 1. The summed E-state index contributed by atoms with van der Waals surface area (Å²) in [5.74, 6) is -1.18. The number of nitrogens with zero attached hydrogens (tertiary/aromatic N) is 1. The van der Waals surface area contributed by atoms with Gasteiger partial charge in [-0.1, -0.05) is 43.7 Å². The van der Waals surface area contributed by atoms with Gasteiger partial charge in [-0.3, -0.25) is 9.59 Å². The average Bonchev–Trinajstić information content (AvgIpc) is 2.81. The zero-order chi connectivity index (χ0) is 17.7. The van der Waals surface area contributed by atoms with E-state index in [0.29, 0.717) is 18.5 Å². The number of ketones is 1. The van der Waals surface area contributed by atoms with Crippen molar-refractivity contribution in [3.63, 3.8) is 0 Å². The number of amides is 1. The van der Waals surface area contributed by atoms with Gasteiger partial charge in [-0.2, -0.15) is 0 Å². The third kappa shape index (κ3) is 3.55. The van der Waals surface area contributed by atoms with Crippen LogP contribution >= 0.6 is 0 Å². The van der Waals surface area contributed by atoms with Crippen molar-refractivity contribution in [1.82, 2.24) is 4.90 Å². The number of hydrogen-bond acceptors (Lipinski definition) is 4. The number of carbonyl (C=O) groups is 3. The molecule has 1 heterocycles. The first-order valence-electron chi connectivity index (χ1n) is 8.29. The third-order valence-corrected chi connectivity index (χ3v) is 4.02. The van der Waals surface area contributed by atoms with Gasteiger partial charge in [0.15, 0.2) is 5.78 Å². The fourth-order valence-electron chi connectivity index (χ4n) is 3.07. The first kappa shape index (κ1) is 17.9. The Bertz CT molecular complexity index is 663. The van der Waals surface area contributed by atoms with E-state index in [1.165, 1.54) is 11.8 Å². The molecule has 1 aromatic carbocycles. The van der Waals surface area contributed by atoms with Gasteiger partial charge in [-0.05, 0) is 18.9 Å². The van der Waals surface area contributed by atoms with Crippen LogP contribution in [0.2, 0.25) is 0 Å². The minimum atomic E-state index is -0.675. The van der Waals surface area contributed by atoms with E-state index in [1.807, 2.05) is 37.3 Å².